The first-order valence-corrected chi connectivity index (χ1v) is 12.3. The third-order valence-corrected chi connectivity index (χ3v) is 7.28. The minimum absolute atomic E-state index is 0.259. The Bertz CT molecular complexity index is 701. The summed E-state index contributed by atoms with van der Waals surface area (Å²) in [7, 11) is -2.06. The van der Waals surface area contributed by atoms with Crippen LogP contribution in [-0.4, -0.2) is 51.3 Å². The number of methoxy groups -OCH3 is 1. The van der Waals surface area contributed by atoms with E-state index in [1.54, 1.807) is 31.4 Å². The Morgan fingerprint density at radius 1 is 1.30 bits per heavy atom. The van der Waals surface area contributed by atoms with Gasteiger partial charge in [-0.05, 0) is 43.5 Å². The van der Waals surface area contributed by atoms with Crippen LogP contribution in [0.1, 0.15) is 39.0 Å². The first-order chi connectivity index (χ1) is 12.9. The topological polar surface area (TPSA) is 75.7 Å². The van der Waals surface area contributed by atoms with Crippen LogP contribution in [0, 0.1) is 0 Å². The fourth-order valence-corrected chi connectivity index (χ4v) is 5.79. The number of carbonyl (C=O) groups excluding carboxylic acids is 1. The number of sulfonamides is 1. The fraction of sp³-hybridized carbons (Fsp3) is 0.632. The van der Waals surface area contributed by atoms with Gasteiger partial charge in [0.1, 0.15) is 11.8 Å². The Hall–Kier alpha value is -1.41. The SMILES string of the molecule is CC[C@@H](C(=O)NCCSC1CCCC1)N(c1ccc(OC)cc1)S(C)(=O)=O. The molecule has 6 nitrogen and oxygen atoms in total. The Balaban J connectivity index is 2.03. The van der Waals surface area contributed by atoms with E-state index in [-0.39, 0.29) is 5.91 Å². The molecule has 0 radical (unpaired) electrons. The summed E-state index contributed by atoms with van der Waals surface area (Å²) in [6, 6.07) is 5.93. The highest BCUT2D eigenvalue weighted by Crippen LogP contribution is 2.29. The number of ether oxygens (including phenoxy) is 1. The van der Waals surface area contributed by atoms with Gasteiger partial charge in [0.25, 0.3) is 0 Å². The molecule has 27 heavy (non-hydrogen) atoms. The molecule has 1 saturated carbocycles. The van der Waals surface area contributed by atoms with Gasteiger partial charge >= 0.3 is 0 Å². The Labute approximate surface area is 167 Å². The highest BCUT2D eigenvalue weighted by atomic mass is 32.2. The van der Waals surface area contributed by atoms with Gasteiger partial charge in [0.2, 0.25) is 15.9 Å². The Morgan fingerprint density at radius 2 is 1.93 bits per heavy atom. The van der Waals surface area contributed by atoms with Gasteiger partial charge in [0.05, 0.1) is 19.1 Å². The third kappa shape index (κ3) is 6.31. The fourth-order valence-electron chi connectivity index (χ4n) is 3.36. The van der Waals surface area contributed by atoms with E-state index in [2.05, 4.69) is 5.32 Å². The summed E-state index contributed by atoms with van der Waals surface area (Å²) in [6.45, 7) is 2.37. The van der Waals surface area contributed by atoms with Crippen molar-refractivity contribution in [2.45, 2.75) is 50.3 Å². The average molecular weight is 415 g/mol. The largest absolute Gasteiger partial charge is 0.497 e. The van der Waals surface area contributed by atoms with Crippen molar-refractivity contribution in [2.75, 3.05) is 30.0 Å². The number of anilines is 1. The van der Waals surface area contributed by atoms with Gasteiger partial charge in [-0.3, -0.25) is 9.10 Å². The van der Waals surface area contributed by atoms with Gasteiger partial charge in [0, 0.05) is 17.5 Å². The van der Waals surface area contributed by atoms with Crippen LogP contribution in [0.25, 0.3) is 0 Å². The van der Waals surface area contributed by atoms with E-state index in [1.165, 1.54) is 30.0 Å². The average Bonchev–Trinajstić information content (AvgIpc) is 3.15. The number of thioether (sulfide) groups is 1. The molecule has 1 aromatic rings. The predicted molar refractivity (Wildman–Crippen MR) is 112 cm³/mol. The zero-order valence-electron chi connectivity index (χ0n) is 16.3. The van der Waals surface area contributed by atoms with E-state index in [4.69, 9.17) is 4.74 Å². The molecule has 8 heteroatoms. The van der Waals surface area contributed by atoms with Crippen LogP contribution < -0.4 is 14.4 Å². The number of hydrogen-bond acceptors (Lipinski definition) is 5. The van der Waals surface area contributed by atoms with Gasteiger partial charge in [-0.2, -0.15) is 11.8 Å². The summed E-state index contributed by atoms with van der Waals surface area (Å²) >= 11 is 1.90. The molecule has 1 aliphatic rings. The molecule has 1 amide bonds. The number of benzene rings is 1. The molecule has 0 aromatic heterocycles. The number of amides is 1. The highest BCUT2D eigenvalue weighted by Gasteiger charge is 2.31. The van der Waals surface area contributed by atoms with E-state index >= 15 is 0 Å². The monoisotopic (exact) mass is 414 g/mol. The molecule has 1 N–H and O–H groups in total. The van der Waals surface area contributed by atoms with Gasteiger partial charge in [-0.15, -0.1) is 0 Å². The second-order valence-electron chi connectivity index (χ2n) is 6.75. The lowest BCUT2D eigenvalue weighted by molar-refractivity contribution is -0.122. The van der Waals surface area contributed by atoms with Crippen LogP contribution >= 0.6 is 11.8 Å². The zero-order valence-corrected chi connectivity index (χ0v) is 17.9. The standard InChI is InChI=1S/C19H30N2O4S2/c1-4-18(19(22)20-13-14-26-17-7-5-6-8-17)21(27(3,23)24)15-9-11-16(25-2)12-10-15/h9-12,17-18H,4-8,13-14H2,1-3H3,(H,20,22)/t18-/m0/s1. The van der Waals surface area contributed by atoms with Crippen LogP contribution in [0.5, 0.6) is 5.75 Å². The lowest BCUT2D eigenvalue weighted by Crippen LogP contribution is -2.49. The summed E-state index contributed by atoms with van der Waals surface area (Å²) < 4.78 is 31.1. The van der Waals surface area contributed by atoms with Crippen LogP contribution in [-0.2, 0) is 14.8 Å². The van der Waals surface area contributed by atoms with Crippen molar-refractivity contribution in [2.24, 2.45) is 0 Å². The summed E-state index contributed by atoms with van der Waals surface area (Å²) in [6.07, 6.45) is 6.63. The molecule has 0 aliphatic heterocycles. The lowest BCUT2D eigenvalue weighted by atomic mass is 10.2. The lowest BCUT2D eigenvalue weighted by Gasteiger charge is -2.30. The second-order valence-corrected chi connectivity index (χ2v) is 10.0. The Kier molecular flexibility index (Phi) is 8.28. The van der Waals surface area contributed by atoms with Crippen molar-refractivity contribution in [1.82, 2.24) is 5.32 Å². The van der Waals surface area contributed by atoms with Crippen LogP contribution in [0.2, 0.25) is 0 Å². The molecule has 0 spiro atoms. The maximum absolute atomic E-state index is 12.7. The number of nitrogens with zero attached hydrogens (tertiary/aromatic N) is 1. The molecule has 0 unspecified atom stereocenters. The van der Waals surface area contributed by atoms with Gasteiger partial charge in [-0.1, -0.05) is 19.8 Å². The molecule has 152 valence electrons. The molecule has 1 aromatic carbocycles. The summed E-state index contributed by atoms with van der Waals surface area (Å²) in [5.41, 5.74) is 0.459. The summed E-state index contributed by atoms with van der Waals surface area (Å²) in [4.78, 5) is 12.7. The molecule has 1 atom stereocenters. The predicted octanol–water partition coefficient (Wildman–Crippen LogP) is 3.03. The number of hydrogen-bond donors (Lipinski definition) is 1. The zero-order chi connectivity index (χ0) is 19.9. The number of nitrogens with one attached hydrogen (secondary N) is 1. The van der Waals surface area contributed by atoms with Crippen LogP contribution in [0.4, 0.5) is 5.69 Å². The van der Waals surface area contributed by atoms with Crippen molar-refractivity contribution in [1.29, 1.82) is 0 Å². The molecule has 0 saturated heterocycles. The van der Waals surface area contributed by atoms with Gasteiger partial charge < -0.3 is 10.1 Å². The summed E-state index contributed by atoms with van der Waals surface area (Å²) in [5.74, 6) is 1.23. The molecule has 1 fully saturated rings. The first-order valence-electron chi connectivity index (χ1n) is 9.39. The molecule has 2 rings (SSSR count). The van der Waals surface area contributed by atoms with Crippen LogP contribution in [0.15, 0.2) is 24.3 Å². The third-order valence-electron chi connectivity index (χ3n) is 4.71. The van der Waals surface area contributed by atoms with Crippen molar-refractivity contribution < 1.29 is 17.9 Å². The highest BCUT2D eigenvalue weighted by molar-refractivity contribution is 7.99. The second kappa shape index (κ2) is 10.2. The summed E-state index contributed by atoms with van der Waals surface area (Å²) in [5, 5.41) is 3.62. The van der Waals surface area contributed by atoms with E-state index in [0.717, 1.165) is 12.0 Å². The maximum atomic E-state index is 12.7. The normalized spacial score (nSPS) is 16.1. The molecule has 0 bridgehead atoms. The molecular weight excluding hydrogens is 384 g/mol. The minimum atomic E-state index is -3.61. The number of carbonyl (C=O) groups is 1. The van der Waals surface area contributed by atoms with Crippen molar-refractivity contribution >= 4 is 33.4 Å². The van der Waals surface area contributed by atoms with Crippen LogP contribution in [0.3, 0.4) is 0 Å². The number of rotatable bonds is 10. The van der Waals surface area contributed by atoms with Gasteiger partial charge in [-0.25, -0.2) is 8.42 Å². The maximum Gasteiger partial charge on any atom is 0.243 e. The van der Waals surface area contributed by atoms with Crippen molar-refractivity contribution in [3.8, 4) is 5.75 Å². The van der Waals surface area contributed by atoms with Gasteiger partial charge in [0.15, 0.2) is 0 Å². The molecule has 1 aliphatic carbocycles. The molecule has 0 heterocycles. The van der Waals surface area contributed by atoms with E-state index < -0.39 is 16.1 Å². The Morgan fingerprint density at radius 3 is 2.44 bits per heavy atom. The van der Waals surface area contributed by atoms with Crippen molar-refractivity contribution in [3.63, 3.8) is 0 Å². The minimum Gasteiger partial charge on any atom is -0.497 e. The first kappa shape index (κ1) is 21.9. The van der Waals surface area contributed by atoms with Crippen molar-refractivity contribution in [3.05, 3.63) is 24.3 Å². The molecular formula is C19H30N2O4S2. The van der Waals surface area contributed by atoms with E-state index in [1.807, 2.05) is 18.7 Å². The quantitative estimate of drug-likeness (QED) is 0.596. The van der Waals surface area contributed by atoms with E-state index in [9.17, 15) is 13.2 Å². The van der Waals surface area contributed by atoms with E-state index in [0.29, 0.717) is 29.7 Å². The smallest absolute Gasteiger partial charge is 0.243 e.